The van der Waals surface area contributed by atoms with Crippen LogP contribution in [0, 0.1) is 10.8 Å². The van der Waals surface area contributed by atoms with Crippen LogP contribution in [0.2, 0.25) is 0 Å². The van der Waals surface area contributed by atoms with E-state index in [1.807, 2.05) is 0 Å². The van der Waals surface area contributed by atoms with Crippen LogP contribution in [0.5, 0.6) is 0 Å². The molecule has 1 fully saturated rings. The molecule has 0 saturated carbocycles. The summed E-state index contributed by atoms with van der Waals surface area (Å²) in [7, 11) is 0. The van der Waals surface area contributed by atoms with Crippen LogP contribution in [0.25, 0.3) is 0 Å². The van der Waals surface area contributed by atoms with Gasteiger partial charge in [-0.3, -0.25) is 4.79 Å². The van der Waals surface area contributed by atoms with Crippen molar-refractivity contribution in [1.82, 2.24) is 4.90 Å². The molecule has 1 heterocycles. The van der Waals surface area contributed by atoms with E-state index in [9.17, 15) is 4.79 Å². The topological polar surface area (TPSA) is 46.3 Å². The fraction of sp³-hybridized carbons (Fsp3) is 0.938. The van der Waals surface area contributed by atoms with Crippen LogP contribution in [0.15, 0.2) is 0 Å². The highest BCUT2D eigenvalue weighted by Gasteiger charge is 2.30. The Bertz CT molecular complexity index is 291. The van der Waals surface area contributed by atoms with Gasteiger partial charge in [-0.25, -0.2) is 0 Å². The van der Waals surface area contributed by atoms with Gasteiger partial charge < -0.3 is 10.6 Å². The lowest BCUT2D eigenvalue weighted by atomic mass is 9.78. The van der Waals surface area contributed by atoms with Gasteiger partial charge in [-0.05, 0) is 43.1 Å². The third-order valence-corrected chi connectivity index (χ3v) is 5.01. The standard InChI is InChI=1S/C16H32N2O/c1-5-16(4)9-12-18(13-10-16)14(19)6-7-15(2,3)8-11-17/h5-13,17H2,1-4H3. The quantitative estimate of drug-likeness (QED) is 0.804. The number of hydrogen-bond acceptors (Lipinski definition) is 2. The van der Waals surface area contributed by atoms with E-state index in [1.165, 1.54) is 6.42 Å². The number of amides is 1. The molecule has 2 N–H and O–H groups in total. The Morgan fingerprint density at radius 1 is 1.26 bits per heavy atom. The SMILES string of the molecule is CCC1(C)CCN(C(=O)CCC(C)(C)CCN)CC1. The van der Waals surface area contributed by atoms with Crippen LogP contribution in [0.4, 0.5) is 0 Å². The van der Waals surface area contributed by atoms with Gasteiger partial charge in [0.1, 0.15) is 0 Å². The second-order valence-electron chi connectivity index (χ2n) is 7.25. The van der Waals surface area contributed by atoms with Gasteiger partial charge in [0.25, 0.3) is 0 Å². The first-order chi connectivity index (χ1) is 8.82. The molecule has 0 bridgehead atoms. The minimum Gasteiger partial charge on any atom is -0.343 e. The van der Waals surface area contributed by atoms with Crippen LogP contribution >= 0.6 is 0 Å². The molecule has 0 aromatic heterocycles. The Hall–Kier alpha value is -0.570. The number of hydrogen-bond donors (Lipinski definition) is 1. The molecule has 3 nitrogen and oxygen atoms in total. The Morgan fingerprint density at radius 3 is 2.32 bits per heavy atom. The van der Waals surface area contributed by atoms with Crippen molar-refractivity contribution >= 4 is 5.91 Å². The number of piperidine rings is 1. The third-order valence-electron chi connectivity index (χ3n) is 5.01. The second kappa shape index (κ2) is 6.74. The molecule has 0 spiro atoms. The molecule has 1 amide bonds. The fourth-order valence-electron chi connectivity index (χ4n) is 2.77. The summed E-state index contributed by atoms with van der Waals surface area (Å²) in [5.41, 5.74) is 6.26. The predicted octanol–water partition coefficient (Wildman–Crippen LogP) is 3.18. The third kappa shape index (κ3) is 5.13. The largest absolute Gasteiger partial charge is 0.343 e. The van der Waals surface area contributed by atoms with Crippen LogP contribution in [-0.2, 0) is 4.79 Å². The number of carbonyl (C=O) groups is 1. The summed E-state index contributed by atoms with van der Waals surface area (Å²) < 4.78 is 0. The first-order valence-corrected chi connectivity index (χ1v) is 7.80. The van der Waals surface area contributed by atoms with Crippen LogP contribution in [0.1, 0.15) is 66.2 Å². The van der Waals surface area contributed by atoms with Gasteiger partial charge in [0.2, 0.25) is 5.91 Å². The van der Waals surface area contributed by atoms with Gasteiger partial charge in [0.15, 0.2) is 0 Å². The Labute approximate surface area is 118 Å². The monoisotopic (exact) mass is 268 g/mol. The van der Waals surface area contributed by atoms with Crippen molar-refractivity contribution in [2.24, 2.45) is 16.6 Å². The average molecular weight is 268 g/mol. The number of nitrogens with zero attached hydrogens (tertiary/aromatic N) is 1. The zero-order valence-corrected chi connectivity index (χ0v) is 13.3. The predicted molar refractivity (Wildman–Crippen MR) is 80.9 cm³/mol. The maximum Gasteiger partial charge on any atom is 0.222 e. The molecule has 1 aliphatic heterocycles. The summed E-state index contributed by atoms with van der Waals surface area (Å²) in [6.45, 7) is 11.6. The molecule has 1 rings (SSSR count). The van der Waals surface area contributed by atoms with E-state index in [-0.39, 0.29) is 5.41 Å². The van der Waals surface area contributed by atoms with Crippen LogP contribution < -0.4 is 5.73 Å². The minimum absolute atomic E-state index is 0.193. The first-order valence-electron chi connectivity index (χ1n) is 7.80. The molecule has 0 aliphatic carbocycles. The van der Waals surface area contributed by atoms with Crippen molar-refractivity contribution in [3.05, 3.63) is 0 Å². The molecule has 0 atom stereocenters. The molecule has 19 heavy (non-hydrogen) atoms. The number of carbonyl (C=O) groups excluding carboxylic acids is 1. The van der Waals surface area contributed by atoms with E-state index in [4.69, 9.17) is 5.73 Å². The van der Waals surface area contributed by atoms with Gasteiger partial charge in [-0.2, -0.15) is 0 Å². The summed E-state index contributed by atoms with van der Waals surface area (Å²) in [5.74, 6) is 0.336. The van der Waals surface area contributed by atoms with Crippen molar-refractivity contribution in [2.75, 3.05) is 19.6 Å². The number of likely N-dealkylation sites (tertiary alicyclic amines) is 1. The Morgan fingerprint density at radius 2 is 1.84 bits per heavy atom. The van der Waals surface area contributed by atoms with Gasteiger partial charge >= 0.3 is 0 Å². The zero-order valence-electron chi connectivity index (χ0n) is 13.3. The van der Waals surface area contributed by atoms with E-state index in [0.717, 1.165) is 38.8 Å². The van der Waals surface area contributed by atoms with Gasteiger partial charge in [0.05, 0.1) is 0 Å². The summed E-state index contributed by atoms with van der Waals surface area (Å²) in [6.07, 6.45) is 6.15. The second-order valence-corrected chi connectivity index (χ2v) is 7.25. The minimum atomic E-state index is 0.193. The molecule has 0 aromatic rings. The van der Waals surface area contributed by atoms with Crippen molar-refractivity contribution in [3.8, 4) is 0 Å². The summed E-state index contributed by atoms with van der Waals surface area (Å²) in [6, 6.07) is 0. The molecule has 1 aliphatic rings. The number of nitrogens with two attached hydrogens (primary N) is 1. The summed E-state index contributed by atoms with van der Waals surface area (Å²) in [5, 5.41) is 0. The molecule has 3 heteroatoms. The lowest BCUT2D eigenvalue weighted by molar-refractivity contribution is -0.134. The van der Waals surface area contributed by atoms with E-state index >= 15 is 0 Å². The Balaban J connectivity index is 2.36. The highest BCUT2D eigenvalue weighted by Crippen LogP contribution is 2.34. The maximum atomic E-state index is 12.2. The summed E-state index contributed by atoms with van der Waals surface area (Å²) >= 11 is 0. The highest BCUT2D eigenvalue weighted by atomic mass is 16.2. The van der Waals surface area contributed by atoms with Crippen LogP contribution in [-0.4, -0.2) is 30.4 Å². The maximum absolute atomic E-state index is 12.2. The van der Waals surface area contributed by atoms with E-state index in [0.29, 0.717) is 24.3 Å². The fourth-order valence-corrected chi connectivity index (χ4v) is 2.77. The van der Waals surface area contributed by atoms with Crippen molar-refractivity contribution in [1.29, 1.82) is 0 Å². The first kappa shape index (κ1) is 16.5. The van der Waals surface area contributed by atoms with Crippen molar-refractivity contribution in [2.45, 2.75) is 66.2 Å². The zero-order chi connectivity index (χ0) is 14.5. The van der Waals surface area contributed by atoms with E-state index in [1.54, 1.807) is 0 Å². The van der Waals surface area contributed by atoms with Crippen molar-refractivity contribution < 1.29 is 4.79 Å². The number of rotatable bonds is 6. The smallest absolute Gasteiger partial charge is 0.222 e. The average Bonchev–Trinajstić information content (AvgIpc) is 2.37. The lowest BCUT2D eigenvalue weighted by Crippen LogP contribution is -2.42. The van der Waals surface area contributed by atoms with Gasteiger partial charge in [-0.1, -0.05) is 34.1 Å². The lowest BCUT2D eigenvalue weighted by Gasteiger charge is -2.39. The normalized spacial score (nSPS) is 19.5. The molecule has 112 valence electrons. The van der Waals surface area contributed by atoms with E-state index < -0.39 is 0 Å². The highest BCUT2D eigenvalue weighted by molar-refractivity contribution is 5.76. The molecule has 0 unspecified atom stereocenters. The molecule has 0 radical (unpaired) electrons. The van der Waals surface area contributed by atoms with Crippen molar-refractivity contribution in [3.63, 3.8) is 0 Å². The molecular formula is C16H32N2O. The van der Waals surface area contributed by atoms with Gasteiger partial charge in [0, 0.05) is 19.5 Å². The molecule has 0 aromatic carbocycles. The molecular weight excluding hydrogens is 236 g/mol. The van der Waals surface area contributed by atoms with E-state index in [2.05, 4.69) is 32.6 Å². The van der Waals surface area contributed by atoms with Crippen LogP contribution in [0.3, 0.4) is 0 Å². The summed E-state index contributed by atoms with van der Waals surface area (Å²) in [4.78, 5) is 14.3. The van der Waals surface area contributed by atoms with Gasteiger partial charge in [-0.15, -0.1) is 0 Å². The molecule has 1 saturated heterocycles. The Kier molecular flexibility index (Phi) is 5.84.